The van der Waals surface area contributed by atoms with Crippen molar-refractivity contribution in [3.05, 3.63) is 41.5 Å². The molecule has 0 fully saturated rings. The zero-order valence-corrected chi connectivity index (χ0v) is 9.27. The quantitative estimate of drug-likeness (QED) is 0.728. The molecule has 0 saturated carbocycles. The molecule has 0 saturated heterocycles. The van der Waals surface area contributed by atoms with E-state index in [1.807, 2.05) is 0 Å². The van der Waals surface area contributed by atoms with Gasteiger partial charge in [0.05, 0.1) is 0 Å². The van der Waals surface area contributed by atoms with Crippen LogP contribution in [0.5, 0.6) is 5.75 Å². The summed E-state index contributed by atoms with van der Waals surface area (Å²) < 4.78 is 0. The number of carbonyl (C=O) groups is 1. The van der Waals surface area contributed by atoms with Crippen LogP contribution in [0.3, 0.4) is 0 Å². The van der Waals surface area contributed by atoms with Gasteiger partial charge in [0, 0.05) is 6.54 Å². The van der Waals surface area contributed by atoms with Gasteiger partial charge in [-0.1, -0.05) is 12.1 Å². The highest BCUT2D eigenvalue weighted by Crippen LogP contribution is 2.09. The lowest BCUT2D eigenvalue weighted by atomic mass is 10.2. The molecule has 0 spiro atoms. The summed E-state index contributed by atoms with van der Waals surface area (Å²) in [5, 5.41) is 18.1. The maximum absolute atomic E-state index is 11.6. The van der Waals surface area contributed by atoms with Crippen molar-refractivity contribution < 1.29 is 9.90 Å². The molecule has 2 rings (SSSR count). The smallest absolute Gasteiger partial charge is 0.291 e. The number of aromatic nitrogens is 3. The van der Waals surface area contributed by atoms with E-state index in [-0.39, 0.29) is 17.5 Å². The minimum atomic E-state index is -0.331. The van der Waals surface area contributed by atoms with Gasteiger partial charge < -0.3 is 10.4 Å². The molecular formula is C11H12N4O2. The lowest BCUT2D eigenvalue weighted by Crippen LogP contribution is -2.23. The molecule has 1 aromatic carbocycles. The second kappa shape index (κ2) is 4.65. The van der Waals surface area contributed by atoms with Gasteiger partial charge in [-0.05, 0) is 24.6 Å². The van der Waals surface area contributed by atoms with Crippen molar-refractivity contribution in [3.8, 4) is 5.75 Å². The summed E-state index contributed by atoms with van der Waals surface area (Å²) in [7, 11) is 0. The molecule has 6 nitrogen and oxygen atoms in total. The number of benzene rings is 1. The van der Waals surface area contributed by atoms with Crippen LogP contribution >= 0.6 is 0 Å². The van der Waals surface area contributed by atoms with E-state index in [9.17, 15) is 4.79 Å². The summed E-state index contributed by atoms with van der Waals surface area (Å²) in [4.78, 5) is 15.5. The number of aromatic hydroxyl groups is 1. The number of hydrogen-bond donors (Lipinski definition) is 3. The number of aryl methyl sites for hydroxylation is 1. The van der Waals surface area contributed by atoms with Crippen molar-refractivity contribution in [2.75, 3.05) is 0 Å². The van der Waals surface area contributed by atoms with Gasteiger partial charge in [0.25, 0.3) is 5.91 Å². The number of nitrogens with one attached hydrogen (secondary N) is 2. The third-order valence-corrected chi connectivity index (χ3v) is 2.19. The molecule has 1 aromatic heterocycles. The SMILES string of the molecule is Cc1nc(C(=O)NCc2ccc(O)cc2)n[nH]1. The molecule has 0 atom stereocenters. The number of amides is 1. The molecule has 88 valence electrons. The van der Waals surface area contributed by atoms with E-state index in [2.05, 4.69) is 20.5 Å². The molecule has 6 heteroatoms. The van der Waals surface area contributed by atoms with Crippen molar-refractivity contribution in [2.24, 2.45) is 0 Å². The Labute approximate surface area is 97.7 Å². The van der Waals surface area contributed by atoms with E-state index < -0.39 is 0 Å². The number of phenolic OH excluding ortho intramolecular Hbond substituents is 1. The maximum Gasteiger partial charge on any atom is 0.291 e. The Morgan fingerprint density at radius 2 is 2.12 bits per heavy atom. The maximum atomic E-state index is 11.6. The van der Waals surface area contributed by atoms with Crippen LogP contribution in [0, 0.1) is 6.92 Å². The van der Waals surface area contributed by atoms with E-state index in [1.54, 1.807) is 31.2 Å². The monoisotopic (exact) mass is 232 g/mol. The van der Waals surface area contributed by atoms with Gasteiger partial charge in [-0.3, -0.25) is 9.89 Å². The van der Waals surface area contributed by atoms with E-state index in [4.69, 9.17) is 5.11 Å². The van der Waals surface area contributed by atoms with Crippen LogP contribution in [-0.2, 0) is 6.54 Å². The molecule has 0 aliphatic carbocycles. The summed E-state index contributed by atoms with van der Waals surface area (Å²) in [6.45, 7) is 2.09. The van der Waals surface area contributed by atoms with Crippen molar-refractivity contribution in [1.29, 1.82) is 0 Å². The molecule has 0 unspecified atom stereocenters. The molecular weight excluding hydrogens is 220 g/mol. The van der Waals surface area contributed by atoms with Crippen molar-refractivity contribution in [3.63, 3.8) is 0 Å². The van der Waals surface area contributed by atoms with Gasteiger partial charge in [-0.25, -0.2) is 4.98 Å². The Morgan fingerprint density at radius 1 is 1.41 bits per heavy atom. The van der Waals surface area contributed by atoms with Crippen LogP contribution in [-0.4, -0.2) is 26.2 Å². The Balaban J connectivity index is 1.94. The number of aromatic amines is 1. The van der Waals surface area contributed by atoms with E-state index in [0.717, 1.165) is 5.56 Å². The fourth-order valence-corrected chi connectivity index (χ4v) is 1.32. The van der Waals surface area contributed by atoms with E-state index >= 15 is 0 Å². The van der Waals surface area contributed by atoms with Crippen LogP contribution in [0.25, 0.3) is 0 Å². The fraction of sp³-hybridized carbons (Fsp3) is 0.182. The summed E-state index contributed by atoms with van der Waals surface area (Å²) in [5.74, 6) is 0.591. The largest absolute Gasteiger partial charge is 0.508 e. The Bertz CT molecular complexity index is 519. The predicted octanol–water partition coefficient (Wildman–Crippen LogP) is 0.749. The van der Waals surface area contributed by atoms with Crippen LogP contribution in [0.1, 0.15) is 22.0 Å². The van der Waals surface area contributed by atoms with Crippen molar-refractivity contribution in [1.82, 2.24) is 20.5 Å². The molecule has 2 aromatic rings. The molecule has 0 aliphatic heterocycles. The second-order valence-electron chi connectivity index (χ2n) is 3.59. The van der Waals surface area contributed by atoms with Gasteiger partial charge in [-0.15, -0.1) is 5.10 Å². The second-order valence-corrected chi connectivity index (χ2v) is 3.59. The summed E-state index contributed by atoms with van der Waals surface area (Å²) in [6, 6.07) is 6.61. The molecule has 0 radical (unpaired) electrons. The standard InChI is InChI=1S/C11H12N4O2/c1-7-13-10(15-14-7)11(17)12-6-8-2-4-9(16)5-3-8/h2-5,16H,6H2,1H3,(H,12,17)(H,13,14,15). The lowest BCUT2D eigenvalue weighted by molar-refractivity contribution is 0.0941. The molecule has 0 aliphatic rings. The number of hydrogen-bond acceptors (Lipinski definition) is 4. The highest BCUT2D eigenvalue weighted by atomic mass is 16.3. The van der Waals surface area contributed by atoms with E-state index in [0.29, 0.717) is 12.4 Å². The highest BCUT2D eigenvalue weighted by molar-refractivity contribution is 5.90. The van der Waals surface area contributed by atoms with Crippen molar-refractivity contribution in [2.45, 2.75) is 13.5 Å². The normalized spacial score (nSPS) is 10.2. The first-order valence-corrected chi connectivity index (χ1v) is 5.10. The summed E-state index contributed by atoms with van der Waals surface area (Å²) >= 11 is 0. The first-order valence-electron chi connectivity index (χ1n) is 5.10. The number of rotatable bonds is 3. The van der Waals surface area contributed by atoms with Crippen LogP contribution < -0.4 is 5.32 Å². The minimum Gasteiger partial charge on any atom is -0.508 e. The Hall–Kier alpha value is -2.37. The molecule has 1 amide bonds. The van der Waals surface area contributed by atoms with Crippen LogP contribution in [0.2, 0.25) is 0 Å². The van der Waals surface area contributed by atoms with Gasteiger partial charge >= 0.3 is 0 Å². The lowest BCUT2D eigenvalue weighted by Gasteiger charge is -2.02. The summed E-state index contributed by atoms with van der Waals surface area (Å²) in [5.41, 5.74) is 0.892. The number of H-pyrrole nitrogens is 1. The minimum absolute atomic E-state index is 0.126. The first kappa shape index (κ1) is 11.1. The highest BCUT2D eigenvalue weighted by Gasteiger charge is 2.10. The third-order valence-electron chi connectivity index (χ3n) is 2.19. The molecule has 0 bridgehead atoms. The number of carbonyl (C=O) groups excluding carboxylic acids is 1. The third kappa shape index (κ3) is 2.81. The Kier molecular flexibility index (Phi) is 3.04. The zero-order valence-electron chi connectivity index (χ0n) is 9.27. The fourth-order valence-electron chi connectivity index (χ4n) is 1.32. The number of nitrogens with zero attached hydrogens (tertiary/aromatic N) is 2. The van der Waals surface area contributed by atoms with Crippen LogP contribution in [0.15, 0.2) is 24.3 Å². The average Bonchev–Trinajstić information content (AvgIpc) is 2.75. The predicted molar refractivity (Wildman–Crippen MR) is 60.4 cm³/mol. The average molecular weight is 232 g/mol. The topological polar surface area (TPSA) is 90.9 Å². The molecule has 3 N–H and O–H groups in total. The van der Waals surface area contributed by atoms with Gasteiger partial charge in [-0.2, -0.15) is 0 Å². The van der Waals surface area contributed by atoms with Gasteiger partial charge in [0.2, 0.25) is 5.82 Å². The van der Waals surface area contributed by atoms with Gasteiger partial charge in [0.15, 0.2) is 0 Å². The first-order chi connectivity index (χ1) is 8.15. The van der Waals surface area contributed by atoms with Crippen LogP contribution in [0.4, 0.5) is 0 Å². The Morgan fingerprint density at radius 3 is 2.71 bits per heavy atom. The molecule has 17 heavy (non-hydrogen) atoms. The molecule has 1 heterocycles. The number of phenols is 1. The zero-order chi connectivity index (χ0) is 12.3. The van der Waals surface area contributed by atoms with Crippen molar-refractivity contribution >= 4 is 5.91 Å². The summed E-state index contributed by atoms with van der Waals surface area (Å²) in [6.07, 6.45) is 0. The van der Waals surface area contributed by atoms with Gasteiger partial charge in [0.1, 0.15) is 11.6 Å². The van der Waals surface area contributed by atoms with E-state index in [1.165, 1.54) is 0 Å².